The number of rotatable bonds is 3. The van der Waals surface area contributed by atoms with Crippen LogP contribution in [-0.2, 0) is 4.79 Å². The Bertz CT molecular complexity index is 374. The molecule has 0 N–H and O–H groups in total. The number of carbonyl (C=O) groups is 1. The van der Waals surface area contributed by atoms with E-state index < -0.39 is 0 Å². The highest BCUT2D eigenvalue weighted by Crippen LogP contribution is 2.14. The number of aryl methyl sites for hydroxylation is 2. The van der Waals surface area contributed by atoms with Gasteiger partial charge in [0.25, 0.3) is 0 Å². The molecule has 0 radical (unpaired) electrons. The maximum atomic E-state index is 10.9. The van der Waals surface area contributed by atoms with Crippen molar-refractivity contribution in [1.29, 1.82) is 0 Å². The van der Waals surface area contributed by atoms with Crippen molar-refractivity contribution in [3.63, 3.8) is 0 Å². The van der Waals surface area contributed by atoms with Gasteiger partial charge in [0, 0.05) is 37.3 Å². The average molecular weight is 204 g/mol. The SMILES string of the molecule is Cc1cc(/C(C=O)=C/N(C)C)cc(C)n1. The van der Waals surface area contributed by atoms with Gasteiger partial charge in [-0.2, -0.15) is 0 Å². The van der Waals surface area contributed by atoms with Gasteiger partial charge in [0.15, 0.2) is 6.29 Å². The number of hydrogen-bond acceptors (Lipinski definition) is 3. The number of hydrogen-bond donors (Lipinski definition) is 0. The predicted octanol–water partition coefficient (Wildman–Crippen LogP) is 1.80. The lowest BCUT2D eigenvalue weighted by atomic mass is 10.1. The van der Waals surface area contributed by atoms with E-state index in [2.05, 4.69) is 4.98 Å². The molecule has 0 aromatic carbocycles. The normalized spacial score (nSPS) is 11.3. The van der Waals surface area contributed by atoms with Crippen LogP contribution in [0.1, 0.15) is 17.0 Å². The number of aldehydes is 1. The third kappa shape index (κ3) is 3.20. The van der Waals surface area contributed by atoms with Crippen LogP contribution in [0, 0.1) is 13.8 Å². The number of allylic oxidation sites excluding steroid dienone is 1. The Kier molecular flexibility index (Phi) is 3.61. The molecule has 1 heterocycles. The van der Waals surface area contributed by atoms with Gasteiger partial charge in [-0.3, -0.25) is 9.78 Å². The Morgan fingerprint density at radius 2 is 1.80 bits per heavy atom. The van der Waals surface area contributed by atoms with E-state index in [1.807, 2.05) is 45.0 Å². The molecule has 3 heteroatoms. The lowest BCUT2D eigenvalue weighted by Gasteiger charge is -2.08. The maximum Gasteiger partial charge on any atom is 0.152 e. The lowest BCUT2D eigenvalue weighted by molar-refractivity contribution is -0.103. The Hall–Kier alpha value is -1.64. The molecule has 0 saturated carbocycles. The summed E-state index contributed by atoms with van der Waals surface area (Å²) in [5.74, 6) is 0. The molecule has 0 bridgehead atoms. The zero-order chi connectivity index (χ0) is 11.4. The van der Waals surface area contributed by atoms with Crippen molar-refractivity contribution in [2.24, 2.45) is 0 Å². The van der Waals surface area contributed by atoms with E-state index in [0.717, 1.165) is 23.2 Å². The van der Waals surface area contributed by atoms with Crippen LogP contribution in [0.4, 0.5) is 0 Å². The van der Waals surface area contributed by atoms with Gasteiger partial charge in [0.05, 0.1) is 0 Å². The van der Waals surface area contributed by atoms with Crippen molar-refractivity contribution in [3.05, 3.63) is 35.3 Å². The number of carbonyl (C=O) groups excluding carboxylic acids is 1. The van der Waals surface area contributed by atoms with Gasteiger partial charge in [-0.05, 0) is 31.5 Å². The minimum atomic E-state index is 0.675. The average Bonchev–Trinajstić information content (AvgIpc) is 2.12. The summed E-state index contributed by atoms with van der Waals surface area (Å²) in [5, 5.41) is 0. The predicted molar refractivity (Wildman–Crippen MR) is 61.4 cm³/mol. The monoisotopic (exact) mass is 204 g/mol. The topological polar surface area (TPSA) is 33.2 Å². The number of nitrogens with zero attached hydrogens (tertiary/aromatic N) is 2. The summed E-state index contributed by atoms with van der Waals surface area (Å²) < 4.78 is 0. The zero-order valence-corrected chi connectivity index (χ0v) is 9.61. The maximum absolute atomic E-state index is 10.9. The van der Waals surface area contributed by atoms with E-state index in [-0.39, 0.29) is 0 Å². The van der Waals surface area contributed by atoms with Crippen molar-refractivity contribution in [2.75, 3.05) is 14.1 Å². The summed E-state index contributed by atoms with van der Waals surface area (Å²) in [5.41, 5.74) is 3.45. The molecule has 0 spiro atoms. The first-order valence-electron chi connectivity index (χ1n) is 4.82. The van der Waals surface area contributed by atoms with E-state index in [4.69, 9.17) is 0 Å². The number of pyridine rings is 1. The molecule has 3 nitrogen and oxygen atoms in total. The van der Waals surface area contributed by atoms with Crippen molar-refractivity contribution < 1.29 is 4.79 Å². The minimum absolute atomic E-state index is 0.675. The van der Waals surface area contributed by atoms with Crippen molar-refractivity contribution in [3.8, 4) is 0 Å². The van der Waals surface area contributed by atoms with Gasteiger partial charge in [0.2, 0.25) is 0 Å². The first-order valence-corrected chi connectivity index (χ1v) is 4.82. The molecule has 0 unspecified atom stereocenters. The summed E-state index contributed by atoms with van der Waals surface area (Å²) in [4.78, 5) is 17.1. The molecule has 0 aliphatic rings. The molecule has 0 fully saturated rings. The second kappa shape index (κ2) is 4.73. The third-order valence-corrected chi connectivity index (χ3v) is 1.94. The van der Waals surface area contributed by atoms with Crippen LogP contribution in [0.2, 0.25) is 0 Å². The van der Waals surface area contributed by atoms with E-state index >= 15 is 0 Å². The summed E-state index contributed by atoms with van der Waals surface area (Å²) >= 11 is 0. The Labute approximate surface area is 90.4 Å². The van der Waals surface area contributed by atoms with Crippen molar-refractivity contribution in [1.82, 2.24) is 9.88 Å². The summed E-state index contributed by atoms with van der Waals surface area (Å²) in [6, 6.07) is 3.83. The summed E-state index contributed by atoms with van der Waals surface area (Å²) in [7, 11) is 3.79. The molecule has 1 rings (SSSR count). The summed E-state index contributed by atoms with van der Waals surface area (Å²) in [6.07, 6.45) is 2.68. The van der Waals surface area contributed by atoms with Crippen molar-refractivity contribution in [2.45, 2.75) is 13.8 Å². The molecular formula is C12H16N2O. The molecule has 0 aliphatic carbocycles. The molecule has 0 amide bonds. The van der Waals surface area contributed by atoms with Crippen LogP contribution in [0.15, 0.2) is 18.3 Å². The molecule has 1 aromatic heterocycles. The van der Waals surface area contributed by atoms with Crippen LogP contribution in [-0.4, -0.2) is 30.3 Å². The van der Waals surface area contributed by atoms with Crippen molar-refractivity contribution >= 4 is 11.9 Å². The van der Waals surface area contributed by atoms with Crippen LogP contribution < -0.4 is 0 Å². The van der Waals surface area contributed by atoms with Crippen LogP contribution in [0.25, 0.3) is 5.57 Å². The molecule has 0 aliphatic heterocycles. The lowest BCUT2D eigenvalue weighted by Crippen LogP contribution is -2.04. The van der Waals surface area contributed by atoms with Gasteiger partial charge in [0.1, 0.15) is 0 Å². The highest BCUT2D eigenvalue weighted by Gasteiger charge is 2.03. The Morgan fingerprint density at radius 1 is 1.27 bits per heavy atom. The van der Waals surface area contributed by atoms with Gasteiger partial charge in [-0.25, -0.2) is 0 Å². The van der Waals surface area contributed by atoms with E-state index in [1.165, 1.54) is 0 Å². The molecule has 0 atom stereocenters. The fourth-order valence-electron chi connectivity index (χ4n) is 1.45. The second-order valence-electron chi connectivity index (χ2n) is 3.80. The van der Waals surface area contributed by atoms with Crippen LogP contribution in [0.3, 0.4) is 0 Å². The second-order valence-corrected chi connectivity index (χ2v) is 3.80. The molecule has 80 valence electrons. The zero-order valence-electron chi connectivity index (χ0n) is 9.61. The van der Waals surface area contributed by atoms with Crippen LogP contribution in [0.5, 0.6) is 0 Å². The fraction of sp³-hybridized carbons (Fsp3) is 0.333. The van der Waals surface area contributed by atoms with E-state index in [0.29, 0.717) is 5.57 Å². The van der Waals surface area contributed by atoms with Crippen LogP contribution >= 0.6 is 0 Å². The standard InChI is InChI=1S/C12H16N2O/c1-9-5-11(6-10(2)13-9)12(8-15)7-14(3)4/h5-8H,1-4H3/b12-7+. The smallest absolute Gasteiger partial charge is 0.152 e. The van der Waals surface area contributed by atoms with Gasteiger partial charge in [-0.1, -0.05) is 0 Å². The van der Waals surface area contributed by atoms with E-state index in [1.54, 1.807) is 6.20 Å². The molecule has 1 aromatic rings. The minimum Gasteiger partial charge on any atom is -0.383 e. The molecule has 15 heavy (non-hydrogen) atoms. The van der Waals surface area contributed by atoms with Gasteiger partial charge >= 0.3 is 0 Å². The molecular weight excluding hydrogens is 188 g/mol. The first-order chi connectivity index (χ1) is 7.02. The molecule has 0 saturated heterocycles. The third-order valence-electron chi connectivity index (χ3n) is 1.94. The fourth-order valence-corrected chi connectivity index (χ4v) is 1.45. The highest BCUT2D eigenvalue weighted by molar-refractivity contribution is 6.06. The summed E-state index contributed by atoms with van der Waals surface area (Å²) in [6.45, 7) is 3.85. The highest BCUT2D eigenvalue weighted by atomic mass is 16.1. The Balaban J connectivity index is 3.18. The van der Waals surface area contributed by atoms with E-state index in [9.17, 15) is 4.79 Å². The van der Waals surface area contributed by atoms with Gasteiger partial charge in [-0.15, -0.1) is 0 Å². The first kappa shape index (κ1) is 11.4. The van der Waals surface area contributed by atoms with Gasteiger partial charge < -0.3 is 4.90 Å². The quantitative estimate of drug-likeness (QED) is 0.556. The number of aromatic nitrogens is 1. The largest absolute Gasteiger partial charge is 0.383 e. The Morgan fingerprint density at radius 3 is 2.20 bits per heavy atom.